The number of hydrogen-bond donors (Lipinski definition) is 1. The molecular formula is C14H18BrFOS. The van der Waals surface area contributed by atoms with E-state index in [-0.39, 0.29) is 11.9 Å². The summed E-state index contributed by atoms with van der Waals surface area (Å²) in [5, 5.41) is 10.7. The minimum Gasteiger partial charge on any atom is -0.392 e. The van der Waals surface area contributed by atoms with Crippen molar-refractivity contribution < 1.29 is 9.50 Å². The van der Waals surface area contributed by atoms with Gasteiger partial charge in [0.25, 0.3) is 0 Å². The summed E-state index contributed by atoms with van der Waals surface area (Å²) >= 11 is 5.05. The molecule has 1 aromatic carbocycles. The highest BCUT2D eigenvalue weighted by molar-refractivity contribution is 9.10. The molecule has 1 aromatic rings. The normalized spacial score (nSPS) is 18.2. The van der Waals surface area contributed by atoms with E-state index in [0.717, 1.165) is 16.6 Å². The molecule has 1 unspecified atom stereocenters. The second-order valence-corrected chi connectivity index (χ2v) is 7.03. The highest BCUT2D eigenvalue weighted by Crippen LogP contribution is 2.30. The van der Waals surface area contributed by atoms with Gasteiger partial charge in [-0.15, -0.1) is 0 Å². The van der Waals surface area contributed by atoms with Gasteiger partial charge < -0.3 is 5.11 Å². The van der Waals surface area contributed by atoms with Crippen molar-refractivity contribution in [2.75, 3.05) is 5.75 Å². The Morgan fingerprint density at radius 3 is 2.78 bits per heavy atom. The summed E-state index contributed by atoms with van der Waals surface area (Å²) in [6.07, 6.45) is 5.50. The summed E-state index contributed by atoms with van der Waals surface area (Å²) in [5.41, 5.74) is 0.975. The molecule has 4 heteroatoms. The smallest absolute Gasteiger partial charge is 0.137 e. The monoisotopic (exact) mass is 332 g/mol. The largest absolute Gasteiger partial charge is 0.392 e. The predicted molar refractivity (Wildman–Crippen MR) is 78.5 cm³/mol. The van der Waals surface area contributed by atoms with Crippen molar-refractivity contribution in [3.05, 3.63) is 34.1 Å². The quantitative estimate of drug-likeness (QED) is 0.873. The number of aliphatic hydroxyl groups is 1. The zero-order valence-corrected chi connectivity index (χ0v) is 12.6. The van der Waals surface area contributed by atoms with Crippen LogP contribution in [0.3, 0.4) is 0 Å². The average Bonchev–Trinajstić information content (AvgIpc) is 2.84. The molecule has 1 aliphatic rings. The fourth-order valence-corrected chi connectivity index (χ4v) is 4.00. The van der Waals surface area contributed by atoms with Crippen LogP contribution in [-0.4, -0.2) is 22.2 Å². The van der Waals surface area contributed by atoms with Crippen molar-refractivity contribution in [3.8, 4) is 0 Å². The van der Waals surface area contributed by atoms with Gasteiger partial charge in [0, 0.05) is 11.0 Å². The van der Waals surface area contributed by atoms with Gasteiger partial charge in [-0.05, 0) is 52.9 Å². The molecule has 1 N–H and O–H groups in total. The molecule has 0 aliphatic heterocycles. The Hall–Kier alpha value is -0.0600. The van der Waals surface area contributed by atoms with E-state index in [1.807, 2.05) is 11.8 Å². The third-order valence-electron chi connectivity index (χ3n) is 3.28. The van der Waals surface area contributed by atoms with Crippen LogP contribution in [0.2, 0.25) is 0 Å². The van der Waals surface area contributed by atoms with Crippen LogP contribution in [0.25, 0.3) is 0 Å². The van der Waals surface area contributed by atoms with Crippen molar-refractivity contribution in [2.45, 2.75) is 43.5 Å². The number of hydrogen-bond acceptors (Lipinski definition) is 2. The number of thioether (sulfide) groups is 1. The number of benzene rings is 1. The van der Waals surface area contributed by atoms with E-state index in [9.17, 15) is 9.50 Å². The summed E-state index contributed by atoms with van der Waals surface area (Å²) < 4.78 is 13.5. The summed E-state index contributed by atoms with van der Waals surface area (Å²) in [7, 11) is 0. The van der Waals surface area contributed by atoms with Gasteiger partial charge in [-0.25, -0.2) is 4.39 Å². The molecule has 0 saturated heterocycles. The van der Waals surface area contributed by atoms with Crippen molar-refractivity contribution in [3.63, 3.8) is 0 Å². The molecule has 1 fully saturated rings. The number of halogens is 2. The summed E-state index contributed by atoms with van der Waals surface area (Å²) in [6.45, 7) is 0. The molecule has 1 nitrogen and oxygen atoms in total. The Kier molecular flexibility index (Phi) is 5.52. The van der Waals surface area contributed by atoms with Gasteiger partial charge in [-0.1, -0.05) is 18.9 Å². The van der Waals surface area contributed by atoms with Crippen LogP contribution in [0.5, 0.6) is 0 Å². The first-order chi connectivity index (χ1) is 8.65. The summed E-state index contributed by atoms with van der Waals surface area (Å²) in [5.74, 6) is 0.521. The van der Waals surface area contributed by atoms with Gasteiger partial charge in [0.15, 0.2) is 0 Å². The first kappa shape index (κ1) is 14.4. The zero-order valence-electron chi connectivity index (χ0n) is 10.2. The first-order valence-electron chi connectivity index (χ1n) is 6.39. The molecule has 18 heavy (non-hydrogen) atoms. The summed E-state index contributed by atoms with van der Waals surface area (Å²) in [4.78, 5) is 0. The summed E-state index contributed by atoms with van der Waals surface area (Å²) in [6, 6.07) is 4.93. The van der Waals surface area contributed by atoms with Gasteiger partial charge in [-0.2, -0.15) is 11.8 Å². The lowest BCUT2D eigenvalue weighted by atomic mass is 10.1. The Morgan fingerprint density at radius 1 is 1.39 bits per heavy atom. The Bertz CT molecular complexity index is 393. The number of aliphatic hydroxyl groups excluding tert-OH is 1. The van der Waals surface area contributed by atoms with E-state index in [1.54, 1.807) is 12.1 Å². The minimum atomic E-state index is -0.340. The molecule has 100 valence electrons. The third kappa shape index (κ3) is 4.25. The maximum atomic E-state index is 13.1. The lowest BCUT2D eigenvalue weighted by molar-refractivity contribution is 0.200. The molecule has 0 heterocycles. The molecular weight excluding hydrogens is 315 g/mol. The van der Waals surface area contributed by atoms with E-state index in [4.69, 9.17) is 0 Å². The van der Waals surface area contributed by atoms with Crippen molar-refractivity contribution in [2.24, 2.45) is 0 Å². The molecule has 1 atom stereocenters. The molecule has 0 spiro atoms. The van der Waals surface area contributed by atoms with Crippen LogP contribution in [0.4, 0.5) is 4.39 Å². The Balaban J connectivity index is 1.78. The van der Waals surface area contributed by atoms with E-state index < -0.39 is 0 Å². The molecule has 1 aliphatic carbocycles. The van der Waals surface area contributed by atoms with E-state index in [0.29, 0.717) is 10.9 Å². The highest BCUT2D eigenvalue weighted by Gasteiger charge is 2.17. The molecule has 0 radical (unpaired) electrons. The van der Waals surface area contributed by atoms with Crippen LogP contribution in [0.15, 0.2) is 22.7 Å². The van der Waals surface area contributed by atoms with Crippen LogP contribution in [0, 0.1) is 5.82 Å². The maximum absolute atomic E-state index is 13.1. The predicted octanol–water partition coefficient (Wildman–Crippen LogP) is 4.17. The Morgan fingerprint density at radius 2 is 2.11 bits per heavy atom. The molecule has 0 bridgehead atoms. The molecule has 2 rings (SSSR count). The molecule has 0 aromatic heterocycles. The molecule has 1 saturated carbocycles. The first-order valence-corrected chi connectivity index (χ1v) is 8.23. The van der Waals surface area contributed by atoms with Gasteiger partial charge in [0.05, 0.1) is 10.6 Å². The minimum absolute atomic E-state index is 0.256. The standard InChI is InChI=1S/C14H18BrFOS/c15-13-8-10(5-6-14(13)16)7-11(17)9-18-12-3-1-2-4-12/h5-6,8,11-12,17H,1-4,7,9H2. The van der Waals surface area contributed by atoms with Crippen LogP contribution < -0.4 is 0 Å². The highest BCUT2D eigenvalue weighted by atomic mass is 79.9. The van der Waals surface area contributed by atoms with E-state index in [1.165, 1.54) is 31.7 Å². The fraction of sp³-hybridized carbons (Fsp3) is 0.571. The lowest BCUT2D eigenvalue weighted by Crippen LogP contribution is -2.15. The second-order valence-electron chi connectivity index (χ2n) is 4.85. The third-order valence-corrected chi connectivity index (χ3v) is 5.41. The van der Waals surface area contributed by atoms with Crippen molar-refractivity contribution >= 4 is 27.7 Å². The second kappa shape index (κ2) is 6.92. The topological polar surface area (TPSA) is 20.2 Å². The van der Waals surface area contributed by atoms with Crippen LogP contribution in [-0.2, 0) is 6.42 Å². The SMILES string of the molecule is OC(CSC1CCCC1)Cc1ccc(F)c(Br)c1. The number of rotatable bonds is 5. The zero-order chi connectivity index (χ0) is 13.0. The van der Waals surface area contributed by atoms with E-state index in [2.05, 4.69) is 15.9 Å². The van der Waals surface area contributed by atoms with Gasteiger partial charge in [-0.3, -0.25) is 0 Å². The van der Waals surface area contributed by atoms with E-state index >= 15 is 0 Å². The van der Waals surface area contributed by atoms with Gasteiger partial charge in [0.2, 0.25) is 0 Å². The van der Waals surface area contributed by atoms with Crippen molar-refractivity contribution in [1.29, 1.82) is 0 Å². The average molecular weight is 333 g/mol. The Labute approximate surface area is 120 Å². The van der Waals surface area contributed by atoms with Gasteiger partial charge >= 0.3 is 0 Å². The lowest BCUT2D eigenvalue weighted by Gasteiger charge is -2.14. The van der Waals surface area contributed by atoms with Gasteiger partial charge in [0.1, 0.15) is 5.82 Å². The fourth-order valence-electron chi connectivity index (χ4n) is 2.30. The maximum Gasteiger partial charge on any atom is 0.137 e. The van der Waals surface area contributed by atoms with Crippen LogP contribution >= 0.6 is 27.7 Å². The van der Waals surface area contributed by atoms with Crippen LogP contribution in [0.1, 0.15) is 31.2 Å². The molecule has 0 amide bonds. The van der Waals surface area contributed by atoms with Crippen molar-refractivity contribution in [1.82, 2.24) is 0 Å².